The van der Waals surface area contributed by atoms with Gasteiger partial charge in [-0.2, -0.15) is 4.31 Å². The minimum absolute atomic E-state index is 0.109. The summed E-state index contributed by atoms with van der Waals surface area (Å²) in [6.07, 6.45) is 1.36. The molecule has 29 heavy (non-hydrogen) atoms. The summed E-state index contributed by atoms with van der Waals surface area (Å²) in [5.74, 6) is 0.348. The van der Waals surface area contributed by atoms with E-state index in [0.717, 1.165) is 16.9 Å². The maximum Gasteiger partial charge on any atom is 0.243 e. The number of hydrogen-bond acceptors (Lipinski definition) is 4. The first-order chi connectivity index (χ1) is 13.9. The Labute approximate surface area is 172 Å². The number of carbonyl (C=O) groups is 1. The molecule has 0 spiro atoms. The molecule has 1 saturated heterocycles. The summed E-state index contributed by atoms with van der Waals surface area (Å²) in [5, 5.41) is 2.94. The lowest BCUT2D eigenvalue weighted by molar-refractivity contribution is -0.126. The molecule has 2 aromatic rings. The Bertz CT molecular complexity index is 924. The number of ether oxygens (including phenoxy) is 1. The zero-order chi connectivity index (χ0) is 20.9. The summed E-state index contributed by atoms with van der Waals surface area (Å²) in [6, 6.07) is 14.4. The first kappa shape index (κ1) is 21.3. The number of nitrogens with zero attached hydrogens (tertiary/aromatic N) is 1. The lowest BCUT2D eigenvalue weighted by atomic mass is 9.99. The van der Waals surface area contributed by atoms with Crippen molar-refractivity contribution in [3.05, 3.63) is 59.7 Å². The molecule has 0 radical (unpaired) electrons. The molecule has 1 atom stereocenters. The molecule has 7 heteroatoms. The zero-order valence-corrected chi connectivity index (χ0v) is 17.7. The lowest BCUT2D eigenvalue weighted by Gasteiger charge is -2.31. The number of aryl methyl sites for hydroxylation is 1. The molecule has 0 bridgehead atoms. The molecule has 156 valence electrons. The Kier molecular flexibility index (Phi) is 6.92. The van der Waals surface area contributed by atoms with Gasteiger partial charge in [-0.15, -0.1) is 0 Å². The predicted molar refractivity (Wildman–Crippen MR) is 112 cm³/mol. The van der Waals surface area contributed by atoms with Crippen LogP contribution in [-0.2, 0) is 21.4 Å². The van der Waals surface area contributed by atoms with E-state index in [1.165, 1.54) is 4.31 Å². The summed E-state index contributed by atoms with van der Waals surface area (Å²) in [7, 11) is -3.58. The highest BCUT2D eigenvalue weighted by Crippen LogP contribution is 2.24. The number of amides is 1. The molecule has 0 saturated carbocycles. The number of benzene rings is 2. The van der Waals surface area contributed by atoms with Crippen LogP contribution in [0.4, 0.5) is 0 Å². The summed E-state index contributed by atoms with van der Waals surface area (Å²) in [6.45, 7) is 5.53. The van der Waals surface area contributed by atoms with Gasteiger partial charge >= 0.3 is 0 Å². The van der Waals surface area contributed by atoms with Crippen LogP contribution < -0.4 is 10.1 Å². The topological polar surface area (TPSA) is 75.7 Å². The number of carbonyl (C=O) groups excluding carboxylic acids is 1. The van der Waals surface area contributed by atoms with Gasteiger partial charge in [0, 0.05) is 19.6 Å². The van der Waals surface area contributed by atoms with Crippen molar-refractivity contribution in [2.45, 2.75) is 38.1 Å². The number of nitrogens with one attached hydrogen (secondary N) is 1. The normalized spacial score (nSPS) is 17.7. The molecule has 6 nitrogen and oxygen atoms in total. The van der Waals surface area contributed by atoms with Crippen molar-refractivity contribution in [3.8, 4) is 5.75 Å². The second kappa shape index (κ2) is 9.41. The Morgan fingerprint density at radius 2 is 1.83 bits per heavy atom. The van der Waals surface area contributed by atoms with Gasteiger partial charge in [0.1, 0.15) is 5.75 Å². The van der Waals surface area contributed by atoms with Gasteiger partial charge < -0.3 is 10.1 Å². The summed E-state index contributed by atoms with van der Waals surface area (Å²) >= 11 is 0. The average molecular weight is 417 g/mol. The van der Waals surface area contributed by atoms with Gasteiger partial charge in [0.15, 0.2) is 0 Å². The van der Waals surface area contributed by atoms with Crippen LogP contribution in [0.5, 0.6) is 5.75 Å². The smallest absolute Gasteiger partial charge is 0.243 e. The fourth-order valence-electron chi connectivity index (χ4n) is 3.44. The molecule has 1 heterocycles. The van der Waals surface area contributed by atoms with Gasteiger partial charge in [-0.3, -0.25) is 4.79 Å². The van der Waals surface area contributed by atoms with E-state index in [9.17, 15) is 13.2 Å². The molecule has 1 N–H and O–H groups in total. The Morgan fingerprint density at radius 1 is 1.14 bits per heavy atom. The molecule has 2 aromatic carbocycles. The average Bonchev–Trinajstić information content (AvgIpc) is 2.73. The Morgan fingerprint density at radius 3 is 2.48 bits per heavy atom. The summed E-state index contributed by atoms with van der Waals surface area (Å²) in [4.78, 5) is 12.9. The molecule has 1 fully saturated rings. The summed E-state index contributed by atoms with van der Waals surface area (Å²) < 4.78 is 32.7. The maximum absolute atomic E-state index is 12.9. The number of piperidine rings is 1. The van der Waals surface area contributed by atoms with E-state index in [0.29, 0.717) is 32.5 Å². The van der Waals surface area contributed by atoms with E-state index < -0.39 is 10.0 Å². The summed E-state index contributed by atoms with van der Waals surface area (Å²) in [5.41, 5.74) is 1.98. The third-order valence-electron chi connectivity index (χ3n) is 5.11. The Hall–Kier alpha value is -2.38. The fourth-order valence-corrected chi connectivity index (χ4v) is 4.96. The molecular weight excluding hydrogens is 388 g/mol. The first-order valence-electron chi connectivity index (χ1n) is 9.96. The molecular formula is C22H28N2O4S. The van der Waals surface area contributed by atoms with Crippen LogP contribution in [0.1, 0.15) is 30.9 Å². The van der Waals surface area contributed by atoms with E-state index >= 15 is 0 Å². The van der Waals surface area contributed by atoms with E-state index in [1.54, 1.807) is 24.3 Å². The number of hydrogen-bond donors (Lipinski definition) is 1. The van der Waals surface area contributed by atoms with Gasteiger partial charge in [-0.1, -0.05) is 29.8 Å². The Balaban J connectivity index is 1.59. The van der Waals surface area contributed by atoms with Crippen molar-refractivity contribution >= 4 is 15.9 Å². The van der Waals surface area contributed by atoms with Gasteiger partial charge in [-0.05, 0) is 56.5 Å². The van der Waals surface area contributed by atoms with Crippen LogP contribution in [0.25, 0.3) is 0 Å². The van der Waals surface area contributed by atoms with Crippen molar-refractivity contribution in [3.63, 3.8) is 0 Å². The van der Waals surface area contributed by atoms with E-state index in [-0.39, 0.29) is 23.3 Å². The van der Waals surface area contributed by atoms with Crippen molar-refractivity contribution in [1.29, 1.82) is 0 Å². The third-order valence-corrected chi connectivity index (χ3v) is 6.99. The van der Waals surface area contributed by atoms with Gasteiger partial charge in [0.2, 0.25) is 15.9 Å². The highest BCUT2D eigenvalue weighted by atomic mass is 32.2. The molecule has 0 aromatic heterocycles. The van der Waals surface area contributed by atoms with Crippen LogP contribution in [0.2, 0.25) is 0 Å². The van der Waals surface area contributed by atoms with E-state index in [1.807, 2.05) is 38.1 Å². The number of rotatable bonds is 7. The van der Waals surface area contributed by atoms with Gasteiger partial charge in [-0.25, -0.2) is 8.42 Å². The standard InChI is InChI=1S/C22H28N2O4S/c1-3-28-20-10-8-18(9-11-20)15-23-22(25)19-5-4-14-24(16-19)29(26,27)21-12-6-17(2)7-13-21/h6-13,19H,3-5,14-16H2,1-2H3,(H,23,25). The van der Waals surface area contributed by atoms with Crippen molar-refractivity contribution in [1.82, 2.24) is 9.62 Å². The second-order valence-electron chi connectivity index (χ2n) is 7.31. The SMILES string of the molecule is CCOc1ccc(CNC(=O)C2CCCN(S(=O)(=O)c3ccc(C)cc3)C2)cc1. The highest BCUT2D eigenvalue weighted by molar-refractivity contribution is 7.89. The van der Waals surface area contributed by atoms with Crippen molar-refractivity contribution in [2.24, 2.45) is 5.92 Å². The minimum atomic E-state index is -3.58. The molecule has 0 aliphatic carbocycles. The molecule has 1 aliphatic rings. The zero-order valence-electron chi connectivity index (χ0n) is 16.9. The van der Waals surface area contributed by atoms with E-state index in [2.05, 4.69) is 5.32 Å². The van der Waals surface area contributed by atoms with Crippen LogP contribution in [0.15, 0.2) is 53.4 Å². The minimum Gasteiger partial charge on any atom is -0.494 e. The van der Waals surface area contributed by atoms with Crippen LogP contribution in [0.3, 0.4) is 0 Å². The molecule has 3 rings (SSSR count). The second-order valence-corrected chi connectivity index (χ2v) is 9.25. The van der Waals surface area contributed by atoms with Crippen LogP contribution in [0, 0.1) is 12.8 Å². The first-order valence-corrected chi connectivity index (χ1v) is 11.4. The van der Waals surface area contributed by atoms with Crippen molar-refractivity contribution < 1.29 is 17.9 Å². The predicted octanol–water partition coefficient (Wildman–Crippen LogP) is 3.11. The van der Waals surface area contributed by atoms with Crippen LogP contribution in [-0.4, -0.2) is 38.3 Å². The highest BCUT2D eigenvalue weighted by Gasteiger charge is 2.33. The fraction of sp³-hybridized carbons (Fsp3) is 0.409. The monoisotopic (exact) mass is 416 g/mol. The van der Waals surface area contributed by atoms with Crippen LogP contribution >= 0.6 is 0 Å². The molecule has 1 unspecified atom stereocenters. The third kappa shape index (κ3) is 5.36. The van der Waals surface area contributed by atoms with Gasteiger partial charge in [0.25, 0.3) is 0 Å². The lowest BCUT2D eigenvalue weighted by Crippen LogP contribution is -2.45. The van der Waals surface area contributed by atoms with Gasteiger partial charge in [0.05, 0.1) is 17.4 Å². The molecule has 1 aliphatic heterocycles. The molecule has 1 amide bonds. The van der Waals surface area contributed by atoms with E-state index in [4.69, 9.17) is 4.74 Å². The number of sulfonamides is 1. The quantitative estimate of drug-likeness (QED) is 0.753. The maximum atomic E-state index is 12.9. The largest absolute Gasteiger partial charge is 0.494 e. The van der Waals surface area contributed by atoms with Crippen molar-refractivity contribution in [2.75, 3.05) is 19.7 Å².